The van der Waals surface area contributed by atoms with E-state index in [-0.39, 0.29) is 12.5 Å². The van der Waals surface area contributed by atoms with Gasteiger partial charge in [0, 0.05) is 9.90 Å². The van der Waals surface area contributed by atoms with Gasteiger partial charge >= 0.3 is 6.03 Å². The van der Waals surface area contributed by atoms with Crippen LogP contribution in [0.2, 0.25) is 5.02 Å². The van der Waals surface area contributed by atoms with Crippen molar-refractivity contribution in [1.82, 2.24) is 10.2 Å². The van der Waals surface area contributed by atoms with Gasteiger partial charge in [0.15, 0.2) is 0 Å². The van der Waals surface area contributed by atoms with Crippen molar-refractivity contribution in [2.75, 3.05) is 0 Å². The minimum absolute atomic E-state index is 0.261. The number of urea groups is 1. The van der Waals surface area contributed by atoms with E-state index in [0.29, 0.717) is 10.6 Å². The summed E-state index contributed by atoms with van der Waals surface area (Å²) in [4.78, 5) is 27.1. The van der Waals surface area contributed by atoms with E-state index < -0.39 is 11.6 Å². The number of rotatable bonds is 3. The number of thiophene rings is 1. The lowest BCUT2D eigenvalue weighted by Gasteiger charge is -2.22. The summed E-state index contributed by atoms with van der Waals surface area (Å²) in [6.45, 7) is 1.96. The molecule has 1 aromatic heterocycles. The summed E-state index contributed by atoms with van der Waals surface area (Å²) < 4.78 is 0.965. The first-order valence-electron chi connectivity index (χ1n) is 6.54. The third-order valence-electron chi connectivity index (χ3n) is 3.62. The normalized spacial score (nSPS) is 21.3. The standard InChI is InChI=1S/C15H12BrClN2O2S/c1-15(9-3-2-4-10(17)7-9)13(20)19(14(21)18-15)8-11-5-6-12(16)22-11/h2-7H,8H2,1H3,(H,18,21). The van der Waals surface area contributed by atoms with Crippen LogP contribution in [0.15, 0.2) is 40.2 Å². The zero-order chi connectivity index (χ0) is 15.9. The van der Waals surface area contributed by atoms with Crippen LogP contribution in [-0.4, -0.2) is 16.8 Å². The lowest BCUT2D eigenvalue weighted by atomic mass is 9.92. The van der Waals surface area contributed by atoms with Gasteiger partial charge in [-0.05, 0) is 52.7 Å². The summed E-state index contributed by atoms with van der Waals surface area (Å²) in [6, 6.07) is 10.4. The Labute approximate surface area is 145 Å². The Morgan fingerprint density at radius 2 is 2.09 bits per heavy atom. The Bertz CT molecular complexity index is 764. The Hall–Kier alpha value is -1.37. The summed E-state index contributed by atoms with van der Waals surface area (Å²) >= 11 is 10.9. The fraction of sp³-hybridized carbons (Fsp3) is 0.200. The Balaban J connectivity index is 1.90. The van der Waals surface area contributed by atoms with E-state index in [1.54, 1.807) is 31.2 Å². The highest BCUT2D eigenvalue weighted by molar-refractivity contribution is 9.11. The van der Waals surface area contributed by atoms with E-state index in [9.17, 15) is 9.59 Å². The van der Waals surface area contributed by atoms with Crippen LogP contribution in [0.1, 0.15) is 17.4 Å². The maximum absolute atomic E-state index is 12.8. The number of carbonyl (C=O) groups excluding carboxylic acids is 2. The van der Waals surface area contributed by atoms with Crippen LogP contribution in [0.25, 0.3) is 0 Å². The van der Waals surface area contributed by atoms with Gasteiger partial charge in [0.2, 0.25) is 0 Å². The molecular formula is C15H12BrClN2O2S. The molecule has 0 radical (unpaired) electrons. The summed E-state index contributed by atoms with van der Waals surface area (Å²) in [5, 5.41) is 3.30. The topological polar surface area (TPSA) is 49.4 Å². The molecule has 1 N–H and O–H groups in total. The van der Waals surface area contributed by atoms with Gasteiger partial charge in [0.25, 0.3) is 5.91 Å². The van der Waals surface area contributed by atoms with Gasteiger partial charge in [0.1, 0.15) is 5.54 Å². The molecule has 0 saturated carbocycles. The van der Waals surface area contributed by atoms with Crippen molar-refractivity contribution in [2.45, 2.75) is 19.0 Å². The highest BCUT2D eigenvalue weighted by atomic mass is 79.9. The van der Waals surface area contributed by atoms with Crippen LogP contribution in [-0.2, 0) is 16.9 Å². The Kier molecular flexibility index (Phi) is 4.01. The second-order valence-electron chi connectivity index (χ2n) is 5.16. The zero-order valence-corrected chi connectivity index (χ0v) is 14.8. The second-order valence-corrected chi connectivity index (χ2v) is 8.15. The van der Waals surface area contributed by atoms with Crippen molar-refractivity contribution >= 4 is 50.8 Å². The van der Waals surface area contributed by atoms with Gasteiger partial charge < -0.3 is 5.32 Å². The Morgan fingerprint density at radius 3 is 2.73 bits per heavy atom. The number of halogens is 2. The van der Waals surface area contributed by atoms with Gasteiger partial charge in [-0.25, -0.2) is 4.79 Å². The molecule has 1 fully saturated rings. The largest absolute Gasteiger partial charge is 0.325 e. The molecule has 1 aliphatic heterocycles. The van der Waals surface area contributed by atoms with Crippen LogP contribution >= 0.6 is 38.9 Å². The smallest absolute Gasteiger partial charge is 0.319 e. The maximum atomic E-state index is 12.8. The predicted octanol–water partition coefficient (Wildman–Crippen LogP) is 4.13. The van der Waals surface area contributed by atoms with Crippen LogP contribution in [0.3, 0.4) is 0 Å². The van der Waals surface area contributed by atoms with E-state index in [2.05, 4.69) is 21.2 Å². The molecule has 0 spiro atoms. The average Bonchev–Trinajstić information content (AvgIpc) is 2.97. The first-order valence-corrected chi connectivity index (χ1v) is 8.53. The van der Waals surface area contributed by atoms with Gasteiger partial charge in [0.05, 0.1) is 10.3 Å². The van der Waals surface area contributed by atoms with E-state index in [1.807, 2.05) is 12.1 Å². The quantitative estimate of drug-likeness (QED) is 0.789. The van der Waals surface area contributed by atoms with Crippen LogP contribution in [0.5, 0.6) is 0 Å². The fourth-order valence-electron chi connectivity index (χ4n) is 2.43. The van der Waals surface area contributed by atoms with E-state index in [1.165, 1.54) is 16.2 Å². The number of benzene rings is 1. The fourth-order valence-corrected chi connectivity index (χ4v) is 4.09. The molecule has 4 nitrogen and oxygen atoms in total. The molecule has 3 rings (SSSR count). The third kappa shape index (κ3) is 2.66. The highest BCUT2D eigenvalue weighted by Crippen LogP contribution is 2.32. The number of hydrogen-bond acceptors (Lipinski definition) is 3. The molecule has 3 amide bonds. The molecule has 7 heteroatoms. The van der Waals surface area contributed by atoms with Crippen molar-refractivity contribution in [3.8, 4) is 0 Å². The van der Waals surface area contributed by atoms with Crippen LogP contribution in [0.4, 0.5) is 4.79 Å². The molecule has 0 aliphatic carbocycles. The van der Waals surface area contributed by atoms with Crippen molar-refractivity contribution in [2.24, 2.45) is 0 Å². The first kappa shape index (κ1) is 15.5. The monoisotopic (exact) mass is 398 g/mol. The molecule has 1 atom stereocenters. The van der Waals surface area contributed by atoms with Crippen LogP contribution in [0, 0.1) is 0 Å². The molecular weight excluding hydrogens is 388 g/mol. The van der Waals surface area contributed by atoms with Gasteiger partial charge in [-0.3, -0.25) is 9.69 Å². The predicted molar refractivity (Wildman–Crippen MR) is 89.9 cm³/mol. The molecule has 1 aliphatic rings. The summed E-state index contributed by atoms with van der Waals surface area (Å²) in [5.74, 6) is -0.274. The molecule has 2 aromatic rings. The van der Waals surface area contributed by atoms with Crippen molar-refractivity contribution in [1.29, 1.82) is 0 Å². The molecule has 2 heterocycles. The molecule has 0 bridgehead atoms. The van der Waals surface area contributed by atoms with Gasteiger partial charge in [-0.2, -0.15) is 0 Å². The molecule has 1 aromatic carbocycles. The minimum atomic E-state index is -1.09. The highest BCUT2D eigenvalue weighted by Gasteiger charge is 2.49. The molecule has 22 heavy (non-hydrogen) atoms. The van der Waals surface area contributed by atoms with Crippen molar-refractivity contribution in [3.05, 3.63) is 55.6 Å². The van der Waals surface area contributed by atoms with Crippen molar-refractivity contribution in [3.63, 3.8) is 0 Å². The van der Waals surface area contributed by atoms with E-state index >= 15 is 0 Å². The summed E-state index contributed by atoms with van der Waals surface area (Å²) in [5.41, 5.74) is -0.413. The Morgan fingerprint density at radius 1 is 1.32 bits per heavy atom. The number of hydrogen-bond donors (Lipinski definition) is 1. The first-order chi connectivity index (χ1) is 10.4. The number of nitrogens with one attached hydrogen (secondary N) is 1. The number of nitrogens with zero attached hydrogens (tertiary/aromatic N) is 1. The molecule has 1 unspecified atom stereocenters. The molecule has 1 saturated heterocycles. The van der Waals surface area contributed by atoms with Gasteiger partial charge in [-0.1, -0.05) is 23.7 Å². The van der Waals surface area contributed by atoms with Crippen LogP contribution < -0.4 is 5.32 Å². The van der Waals surface area contributed by atoms with E-state index in [0.717, 1.165) is 8.66 Å². The van der Waals surface area contributed by atoms with Gasteiger partial charge in [-0.15, -0.1) is 11.3 Å². The third-order valence-corrected chi connectivity index (χ3v) is 5.46. The number of carbonyl (C=O) groups is 2. The van der Waals surface area contributed by atoms with E-state index in [4.69, 9.17) is 11.6 Å². The van der Waals surface area contributed by atoms with Crippen molar-refractivity contribution < 1.29 is 9.59 Å². The average molecular weight is 400 g/mol. The lowest BCUT2D eigenvalue weighted by molar-refractivity contribution is -0.131. The SMILES string of the molecule is CC1(c2cccc(Cl)c2)NC(=O)N(Cc2ccc(Br)s2)C1=O. The maximum Gasteiger partial charge on any atom is 0.325 e. The minimum Gasteiger partial charge on any atom is -0.319 e. The number of imide groups is 1. The zero-order valence-electron chi connectivity index (χ0n) is 11.6. The molecule has 114 valence electrons. The lowest BCUT2D eigenvalue weighted by Crippen LogP contribution is -2.40. The second kappa shape index (κ2) is 5.68. The summed E-state index contributed by atoms with van der Waals surface area (Å²) in [7, 11) is 0. The number of amides is 3. The summed E-state index contributed by atoms with van der Waals surface area (Å²) in [6.07, 6.45) is 0.